The van der Waals surface area contributed by atoms with Gasteiger partial charge in [-0.05, 0) is 25.0 Å². The maximum absolute atomic E-state index is 10.4. The van der Waals surface area contributed by atoms with Crippen molar-refractivity contribution >= 4 is 16.9 Å². The number of rotatable bonds is 3. The first-order valence-corrected chi connectivity index (χ1v) is 4.82. The van der Waals surface area contributed by atoms with Crippen LogP contribution in [0.3, 0.4) is 0 Å². The van der Waals surface area contributed by atoms with Crippen molar-refractivity contribution in [2.75, 3.05) is 0 Å². The largest absolute Gasteiger partial charge is 0.481 e. The van der Waals surface area contributed by atoms with Crippen LogP contribution in [0.25, 0.3) is 10.9 Å². The topological polar surface area (TPSA) is 66.0 Å². The van der Waals surface area contributed by atoms with Gasteiger partial charge in [-0.15, -0.1) is 0 Å². The lowest BCUT2D eigenvalue weighted by Crippen LogP contribution is -1.97. The molecule has 0 saturated heterocycles. The van der Waals surface area contributed by atoms with Crippen molar-refractivity contribution in [2.24, 2.45) is 0 Å². The van der Waals surface area contributed by atoms with Gasteiger partial charge >= 0.3 is 5.97 Å². The molecule has 2 N–H and O–H groups in total. The Hall–Kier alpha value is -1.84. The minimum absolute atomic E-state index is 0.162. The molecule has 0 unspecified atom stereocenters. The van der Waals surface area contributed by atoms with Crippen LogP contribution in [0.5, 0.6) is 0 Å². The molecular weight excluding hydrogens is 192 g/mol. The van der Waals surface area contributed by atoms with E-state index in [1.54, 1.807) is 0 Å². The standard InChI is InChI=1S/C11H12N2O2/c1-7-9-4-2-8(3-5-11(14)15)6-10(9)13-12-7/h2,4,6H,3,5H2,1H3,(H,12,13)(H,14,15). The fourth-order valence-electron chi connectivity index (χ4n) is 1.60. The van der Waals surface area contributed by atoms with Gasteiger partial charge in [0.1, 0.15) is 0 Å². The van der Waals surface area contributed by atoms with Gasteiger partial charge in [0.05, 0.1) is 5.52 Å². The molecule has 0 atom stereocenters. The third kappa shape index (κ3) is 1.98. The number of aromatic amines is 1. The van der Waals surface area contributed by atoms with Crippen LogP contribution in [0, 0.1) is 6.92 Å². The van der Waals surface area contributed by atoms with Crippen LogP contribution >= 0.6 is 0 Å². The number of nitrogens with one attached hydrogen (secondary N) is 1. The molecule has 0 fully saturated rings. The number of aliphatic carboxylic acids is 1. The van der Waals surface area contributed by atoms with Crippen molar-refractivity contribution in [3.05, 3.63) is 29.5 Å². The lowest BCUT2D eigenvalue weighted by molar-refractivity contribution is -0.136. The second-order valence-electron chi connectivity index (χ2n) is 3.59. The molecule has 15 heavy (non-hydrogen) atoms. The highest BCUT2D eigenvalue weighted by molar-refractivity contribution is 5.81. The number of fused-ring (bicyclic) bond motifs is 1. The van der Waals surface area contributed by atoms with Crippen molar-refractivity contribution in [3.63, 3.8) is 0 Å². The Kier molecular flexibility index (Phi) is 2.41. The number of carboxylic acid groups (broad SMARTS) is 1. The lowest BCUT2D eigenvalue weighted by Gasteiger charge is -1.98. The molecule has 0 amide bonds. The molecule has 1 aromatic carbocycles. The molecule has 0 bridgehead atoms. The SMILES string of the molecule is Cc1[nH]nc2cc(CCC(=O)O)ccc12. The summed E-state index contributed by atoms with van der Waals surface area (Å²) < 4.78 is 0. The monoisotopic (exact) mass is 204 g/mol. The van der Waals surface area contributed by atoms with Gasteiger partial charge in [0, 0.05) is 17.5 Å². The van der Waals surface area contributed by atoms with Gasteiger partial charge in [-0.2, -0.15) is 5.10 Å². The van der Waals surface area contributed by atoms with Crippen LogP contribution in [-0.2, 0) is 11.2 Å². The van der Waals surface area contributed by atoms with Crippen LogP contribution in [0.4, 0.5) is 0 Å². The summed E-state index contributed by atoms with van der Waals surface area (Å²) in [4.78, 5) is 10.4. The first kappa shape index (κ1) is 9.71. The van der Waals surface area contributed by atoms with E-state index in [-0.39, 0.29) is 6.42 Å². The Balaban J connectivity index is 2.27. The number of H-pyrrole nitrogens is 1. The summed E-state index contributed by atoms with van der Waals surface area (Å²) >= 11 is 0. The molecule has 1 heterocycles. The molecule has 4 heteroatoms. The van der Waals surface area contributed by atoms with Gasteiger partial charge < -0.3 is 5.11 Å². The summed E-state index contributed by atoms with van der Waals surface area (Å²) in [6, 6.07) is 5.86. The number of hydrogen-bond acceptors (Lipinski definition) is 2. The van der Waals surface area contributed by atoms with E-state index in [4.69, 9.17) is 5.11 Å². The van der Waals surface area contributed by atoms with E-state index >= 15 is 0 Å². The first-order valence-electron chi connectivity index (χ1n) is 4.82. The molecule has 0 aliphatic rings. The van der Waals surface area contributed by atoms with Crippen molar-refractivity contribution in [3.8, 4) is 0 Å². The van der Waals surface area contributed by atoms with Crippen LogP contribution in [0.1, 0.15) is 17.7 Å². The molecule has 0 saturated carbocycles. The van der Waals surface area contributed by atoms with Gasteiger partial charge in [0.2, 0.25) is 0 Å². The first-order chi connectivity index (χ1) is 7.16. The molecule has 2 rings (SSSR count). The Bertz CT molecular complexity index is 502. The van der Waals surface area contributed by atoms with Gasteiger partial charge in [-0.3, -0.25) is 9.89 Å². The Morgan fingerprint density at radius 1 is 1.53 bits per heavy atom. The van der Waals surface area contributed by atoms with Gasteiger partial charge in [0.25, 0.3) is 0 Å². The van der Waals surface area contributed by atoms with E-state index < -0.39 is 5.97 Å². The fourth-order valence-corrected chi connectivity index (χ4v) is 1.60. The molecule has 0 aliphatic heterocycles. The Labute approximate surface area is 86.9 Å². The predicted molar refractivity (Wildman–Crippen MR) is 56.8 cm³/mol. The molecule has 1 aromatic heterocycles. The van der Waals surface area contributed by atoms with Gasteiger partial charge in [-0.1, -0.05) is 12.1 Å². The van der Waals surface area contributed by atoms with Gasteiger partial charge in [-0.25, -0.2) is 0 Å². The molecule has 2 aromatic rings. The number of carboxylic acids is 1. The maximum atomic E-state index is 10.4. The third-order valence-corrected chi connectivity index (χ3v) is 2.44. The van der Waals surface area contributed by atoms with Crippen molar-refractivity contribution < 1.29 is 9.90 Å². The second kappa shape index (κ2) is 3.73. The number of nitrogens with zero attached hydrogens (tertiary/aromatic N) is 1. The molecule has 0 spiro atoms. The highest BCUT2D eigenvalue weighted by Gasteiger charge is 2.03. The van der Waals surface area contributed by atoms with E-state index in [2.05, 4.69) is 10.2 Å². The van der Waals surface area contributed by atoms with E-state index in [9.17, 15) is 4.79 Å². The molecule has 0 aliphatic carbocycles. The second-order valence-corrected chi connectivity index (χ2v) is 3.59. The minimum Gasteiger partial charge on any atom is -0.481 e. The summed E-state index contributed by atoms with van der Waals surface area (Å²) in [7, 11) is 0. The zero-order valence-electron chi connectivity index (χ0n) is 8.45. The van der Waals surface area contributed by atoms with Crippen LogP contribution in [0.15, 0.2) is 18.2 Å². The summed E-state index contributed by atoms with van der Waals surface area (Å²) in [5.41, 5.74) is 2.95. The number of benzene rings is 1. The highest BCUT2D eigenvalue weighted by Crippen LogP contribution is 2.17. The number of aromatic nitrogens is 2. The van der Waals surface area contributed by atoms with Gasteiger partial charge in [0.15, 0.2) is 0 Å². The number of hydrogen-bond donors (Lipinski definition) is 2. The van der Waals surface area contributed by atoms with Crippen molar-refractivity contribution in [1.29, 1.82) is 0 Å². The van der Waals surface area contributed by atoms with E-state index in [1.807, 2.05) is 25.1 Å². The quantitative estimate of drug-likeness (QED) is 0.802. The number of aryl methyl sites for hydroxylation is 2. The highest BCUT2D eigenvalue weighted by atomic mass is 16.4. The van der Waals surface area contributed by atoms with Crippen molar-refractivity contribution in [1.82, 2.24) is 10.2 Å². The van der Waals surface area contributed by atoms with E-state index in [1.165, 1.54) is 0 Å². The smallest absolute Gasteiger partial charge is 0.303 e. The summed E-state index contributed by atoms with van der Waals surface area (Å²) in [6.45, 7) is 1.96. The fraction of sp³-hybridized carbons (Fsp3) is 0.273. The predicted octanol–water partition coefficient (Wildman–Crippen LogP) is 1.89. The van der Waals surface area contributed by atoms with Crippen LogP contribution in [-0.4, -0.2) is 21.3 Å². The molecule has 0 radical (unpaired) electrons. The Morgan fingerprint density at radius 3 is 3.07 bits per heavy atom. The maximum Gasteiger partial charge on any atom is 0.303 e. The summed E-state index contributed by atoms with van der Waals surface area (Å²) in [6.07, 6.45) is 0.714. The Morgan fingerprint density at radius 2 is 2.33 bits per heavy atom. The van der Waals surface area contributed by atoms with E-state index in [0.29, 0.717) is 6.42 Å². The minimum atomic E-state index is -0.770. The number of carbonyl (C=O) groups is 1. The van der Waals surface area contributed by atoms with Crippen LogP contribution in [0.2, 0.25) is 0 Å². The normalized spacial score (nSPS) is 10.7. The third-order valence-electron chi connectivity index (χ3n) is 2.44. The molecular formula is C11H12N2O2. The zero-order valence-corrected chi connectivity index (χ0v) is 8.45. The van der Waals surface area contributed by atoms with Crippen LogP contribution < -0.4 is 0 Å². The molecule has 4 nitrogen and oxygen atoms in total. The zero-order chi connectivity index (χ0) is 10.8. The lowest BCUT2D eigenvalue weighted by atomic mass is 10.1. The van der Waals surface area contributed by atoms with E-state index in [0.717, 1.165) is 22.2 Å². The average Bonchev–Trinajstić information content (AvgIpc) is 2.57. The average molecular weight is 204 g/mol. The summed E-state index contributed by atoms with van der Waals surface area (Å²) in [5.74, 6) is -0.770. The molecule has 78 valence electrons. The van der Waals surface area contributed by atoms with Crippen molar-refractivity contribution in [2.45, 2.75) is 19.8 Å². The summed E-state index contributed by atoms with van der Waals surface area (Å²) in [5, 5.41) is 16.7.